The van der Waals surface area contributed by atoms with Crippen molar-refractivity contribution >= 4 is 21.8 Å². The van der Waals surface area contributed by atoms with Crippen molar-refractivity contribution in [2.75, 3.05) is 13.2 Å². The second-order valence-corrected chi connectivity index (χ2v) is 5.14. The molecule has 1 aliphatic heterocycles. The van der Waals surface area contributed by atoms with Crippen molar-refractivity contribution in [3.05, 3.63) is 22.2 Å². The number of aliphatic hydroxyl groups excluding tert-OH is 1. The third-order valence-corrected chi connectivity index (χ3v) is 3.63. The lowest BCUT2D eigenvalue weighted by molar-refractivity contribution is -0.127. The monoisotopic (exact) mass is 271 g/mol. The van der Waals surface area contributed by atoms with E-state index in [2.05, 4.69) is 15.9 Å². The quantitative estimate of drug-likeness (QED) is 0.826. The zero-order chi connectivity index (χ0) is 11.0. The Bertz CT molecular complexity index is 348. The molecule has 2 unspecified atom stereocenters. The van der Waals surface area contributed by atoms with Gasteiger partial charge in [0.05, 0.1) is 12.6 Å². The molecule has 4 heteroatoms. The van der Waals surface area contributed by atoms with Crippen LogP contribution in [0.2, 0.25) is 0 Å². The Balaban J connectivity index is 2.19. The Hall–Kier alpha value is -0.610. The molecule has 2 atom stereocenters. The van der Waals surface area contributed by atoms with Crippen molar-refractivity contribution in [1.82, 2.24) is 4.90 Å². The van der Waals surface area contributed by atoms with E-state index in [4.69, 9.17) is 5.11 Å². The fraction of sp³-hybridized carbons (Fsp3) is 0.545. The predicted octanol–water partition coefficient (Wildman–Crippen LogP) is 1.43. The molecule has 2 rings (SSSR count). The highest BCUT2D eigenvalue weighted by Crippen LogP contribution is 2.35. The van der Waals surface area contributed by atoms with E-state index in [1.807, 2.05) is 19.1 Å². The second kappa shape index (κ2) is 4.10. The van der Waals surface area contributed by atoms with Crippen LogP contribution in [0.4, 0.5) is 0 Å². The number of halogens is 1. The first-order chi connectivity index (χ1) is 7.13. The number of aliphatic hydroxyl groups is 1. The summed E-state index contributed by atoms with van der Waals surface area (Å²) in [4.78, 5) is 13.7. The van der Waals surface area contributed by atoms with Gasteiger partial charge in [0.15, 0.2) is 0 Å². The van der Waals surface area contributed by atoms with Gasteiger partial charge in [0.2, 0.25) is 5.91 Å². The van der Waals surface area contributed by atoms with Gasteiger partial charge in [-0.15, -0.1) is 0 Å². The van der Waals surface area contributed by atoms with Gasteiger partial charge in [-0.2, -0.15) is 0 Å². The molecule has 1 saturated heterocycles. The van der Waals surface area contributed by atoms with Crippen LogP contribution in [-0.2, 0) is 4.79 Å². The van der Waals surface area contributed by atoms with Crippen LogP contribution < -0.4 is 0 Å². The van der Waals surface area contributed by atoms with E-state index in [-0.39, 0.29) is 18.6 Å². The Morgan fingerprint density at radius 2 is 2.40 bits per heavy atom. The molecule has 0 aromatic carbocycles. The molecule has 0 bridgehead atoms. The Kier molecular flexibility index (Phi) is 2.98. The summed E-state index contributed by atoms with van der Waals surface area (Å²) in [5.74, 6) is 0.378. The summed E-state index contributed by atoms with van der Waals surface area (Å²) in [6, 6.07) is -0.0808. The van der Waals surface area contributed by atoms with Crippen molar-refractivity contribution < 1.29 is 9.90 Å². The maximum atomic E-state index is 11.9. The lowest BCUT2D eigenvalue weighted by Gasteiger charge is -2.22. The molecular formula is C11H14BrNO2. The van der Waals surface area contributed by atoms with Crippen molar-refractivity contribution in [2.45, 2.75) is 19.4 Å². The summed E-state index contributed by atoms with van der Waals surface area (Å²) in [5.41, 5.74) is 0.888. The first-order valence-corrected chi connectivity index (χ1v) is 5.91. The summed E-state index contributed by atoms with van der Waals surface area (Å²) in [7, 11) is 0. The maximum Gasteiger partial charge on any atom is 0.250 e. The van der Waals surface area contributed by atoms with Crippen LogP contribution in [-0.4, -0.2) is 35.1 Å². The molecule has 1 fully saturated rings. The molecule has 1 aliphatic carbocycles. The number of allylic oxidation sites excluding steroid dienone is 3. The standard InChI is InChI=1S/C11H14BrNO2/c1-7(6-14)13-5-8-4-9(12)2-3-10(8)11(13)15/h2-3,7-8,14H,4-6H2,1H3. The molecule has 82 valence electrons. The molecule has 1 amide bonds. The minimum Gasteiger partial charge on any atom is -0.394 e. The van der Waals surface area contributed by atoms with E-state index in [0.29, 0.717) is 5.92 Å². The number of hydrogen-bond donors (Lipinski definition) is 1. The third-order valence-electron chi connectivity index (χ3n) is 3.05. The lowest BCUT2D eigenvalue weighted by atomic mass is 9.94. The van der Waals surface area contributed by atoms with Gasteiger partial charge in [-0.3, -0.25) is 4.79 Å². The summed E-state index contributed by atoms with van der Waals surface area (Å²) >= 11 is 3.46. The van der Waals surface area contributed by atoms with Crippen LogP contribution in [0.5, 0.6) is 0 Å². The van der Waals surface area contributed by atoms with Crippen molar-refractivity contribution in [2.24, 2.45) is 5.92 Å². The van der Waals surface area contributed by atoms with Crippen molar-refractivity contribution in [3.8, 4) is 0 Å². The van der Waals surface area contributed by atoms with Crippen LogP contribution in [0.1, 0.15) is 13.3 Å². The Morgan fingerprint density at radius 3 is 3.07 bits per heavy atom. The fourth-order valence-corrected chi connectivity index (χ4v) is 2.63. The fourth-order valence-electron chi connectivity index (χ4n) is 2.10. The van der Waals surface area contributed by atoms with Crippen LogP contribution in [0.25, 0.3) is 0 Å². The molecule has 15 heavy (non-hydrogen) atoms. The molecule has 0 aromatic heterocycles. The first kappa shape index (κ1) is 10.9. The van der Waals surface area contributed by atoms with Crippen LogP contribution in [0.3, 0.4) is 0 Å². The van der Waals surface area contributed by atoms with Crippen molar-refractivity contribution in [1.29, 1.82) is 0 Å². The van der Waals surface area contributed by atoms with Gasteiger partial charge in [0.1, 0.15) is 0 Å². The predicted molar refractivity (Wildman–Crippen MR) is 61.5 cm³/mol. The van der Waals surface area contributed by atoms with Gasteiger partial charge in [-0.1, -0.05) is 28.1 Å². The zero-order valence-corrected chi connectivity index (χ0v) is 10.2. The number of amides is 1. The first-order valence-electron chi connectivity index (χ1n) is 5.11. The van der Waals surface area contributed by atoms with Gasteiger partial charge in [0, 0.05) is 18.0 Å². The number of hydrogen-bond acceptors (Lipinski definition) is 2. The van der Waals surface area contributed by atoms with Crippen LogP contribution >= 0.6 is 15.9 Å². The summed E-state index contributed by atoms with van der Waals surface area (Å²) in [6.45, 7) is 2.63. The SMILES string of the molecule is CC(CO)N1CC2CC(Br)=CC=C2C1=O. The van der Waals surface area contributed by atoms with E-state index in [0.717, 1.165) is 23.0 Å². The van der Waals surface area contributed by atoms with E-state index in [9.17, 15) is 4.79 Å². The molecule has 0 saturated carbocycles. The summed E-state index contributed by atoms with van der Waals surface area (Å²) in [5, 5.41) is 9.06. The number of nitrogens with zero attached hydrogens (tertiary/aromatic N) is 1. The molecule has 3 nitrogen and oxygen atoms in total. The van der Waals surface area contributed by atoms with Gasteiger partial charge >= 0.3 is 0 Å². The molecule has 1 N–H and O–H groups in total. The average Bonchev–Trinajstić information content (AvgIpc) is 2.54. The zero-order valence-electron chi connectivity index (χ0n) is 8.61. The average molecular weight is 272 g/mol. The van der Waals surface area contributed by atoms with Gasteiger partial charge in [-0.05, 0) is 17.8 Å². The van der Waals surface area contributed by atoms with E-state index >= 15 is 0 Å². The highest BCUT2D eigenvalue weighted by atomic mass is 79.9. The highest BCUT2D eigenvalue weighted by Gasteiger charge is 2.37. The second-order valence-electron chi connectivity index (χ2n) is 4.13. The van der Waals surface area contributed by atoms with E-state index < -0.39 is 0 Å². The molecule has 0 radical (unpaired) electrons. The van der Waals surface area contributed by atoms with Crippen LogP contribution in [0.15, 0.2) is 22.2 Å². The van der Waals surface area contributed by atoms with Gasteiger partial charge in [0.25, 0.3) is 0 Å². The minimum absolute atomic E-state index is 0.0281. The smallest absolute Gasteiger partial charge is 0.250 e. The van der Waals surface area contributed by atoms with Gasteiger partial charge < -0.3 is 10.0 Å². The maximum absolute atomic E-state index is 11.9. The van der Waals surface area contributed by atoms with Gasteiger partial charge in [-0.25, -0.2) is 0 Å². The largest absolute Gasteiger partial charge is 0.394 e. The van der Waals surface area contributed by atoms with Crippen LogP contribution in [0, 0.1) is 5.92 Å². The Morgan fingerprint density at radius 1 is 1.67 bits per heavy atom. The number of carbonyl (C=O) groups excluding carboxylic acids is 1. The third kappa shape index (κ3) is 1.88. The summed E-state index contributed by atoms with van der Waals surface area (Å²) < 4.78 is 1.14. The lowest BCUT2D eigenvalue weighted by Crippen LogP contribution is -2.37. The Labute approximate surface area is 97.6 Å². The topological polar surface area (TPSA) is 40.5 Å². The molecule has 0 aromatic rings. The number of carbonyl (C=O) groups is 1. The minimum atomic E-state index is -0.0808. The molecule has 2 aliphatic rings. The van der Waals surface area contributed by atoms with E-state index in [1.165, 1.54) is 0 Å². The number of rotatable bonds is 2. The van der Waals surface area contributed by atoms with E-state index in [1.54, 1.807) is 4.90 Å². The highest BCUT2D eigenvalue weighted by molar-refractivity contribution is 9.11. The summed E-state index contributed by atoms with van der Waals surface area (Å²) in [6.07, 6.45) is 4.73. The molecule has 1 heterocycles. The number of fused-ring (bicyclic) bond motifs is 1. The molecular weight excluding hydrogens is 258 g/mol. The number of likely N-dealkylation sites (tertiary alicyclic amines) is 1. The molecule has 0 spiro atoms. The normalized spacial score (nSPS) is 27.3. The van der Waals surface area contributed by atoms with Crippen molar-refractivity contribution in [3.63, 3.8) is 0 Å².